The van der Waals surface area contributed by atoms with E-state index in [9.17, 15) is 18.0 Å². The van der Waals surface area contributed by atoms with Crippen molar-refractivity contribution < 1.29 is 22.7 Å². The molecule has 0 aliphatic carbocycles. The number of hydrogen-bond donors (Lipinski definition) is 1. The molecule has 1 amide bonds. The van der Waals surface area contributed by atoms with E-state index >= 15 is 0 Å². The van der Waals surface area contributed by atoms with Crippen LogP contribution >= 0.6 is 11.3 Å². The van der Waals surface area contributed by atoms with Crippen LogP contribution in [0.3, 0.4) is 0 Å². The number of hydrogen-bond acceptors (Lipinski definition) is 4. The van der Waals surface area contributed by atoms with Crippen LogP contribution in [0.25, 0.3) is 0 Å². The average molecular weight is 400 g/mol. The number of thiazole rings is 1. The molecule has 2 rings (SSSR count). The van der Waals surface area contributed by atoms with Gasteiger partial charge in [-0.15, -0.1) is 11.3 Å². The maximum absolute atomic E-state index is 12.8. The number of nitrogens with zero attached hydrogens (tertiary/aromatic N) is 1. The summed E-state index contributed by atoms with van der Waals surface area (Å²) in [6.45, 7) is 7.29. The Morgan fingerprint density at radius 1 is 1.33 bits per heavy atom. The average Bonchev–Trinajstić information content (AvgIpc) is 2.99. The van der Waals surface area contributed by atoms with Crippen LogP contribution in [0.15, 0.2) is 18.2 Å². The molecule has 1 atom stereocenters. The van der Waals surface area contributed by atoms with Crippen LogP contribution < -0.4 is 10.1 Å². The quantitative estimate of drug-likeness (QED) is 0.621. The van der Waals surface area contributed by atoms with Gasteiger partial charge in [-0.1, -0.05) is 25.8 Å². The molecule has 1 N–H and O–H groups in total. The monoisotopic (exact) mass is 400 g/mol. The number of carbonyl (C=O) groups excluding carboxylic acids is 1. The summed E-state index contributed by atoms with van der Waals surface area (Å²) in [5.74, 6) is 0.0354. The Kier molecular flexibility index (Phi) is 6.86. The van der Waals surface area contributed by atoms with E-state index in [1.807, 2.05) is 13.0 Å². The van der Waals surface area contributed by atoms with Gasteiger partial charge in [0.25, 0.3) is 5.91 Å². The predicted octanol–water partition coefficient (Wildman–Crippen LogP) is 5.99. The van der Waals surface area contributed by atoms with Gasteiger partial charge in [-0.3, -0.25) is 4.79 Å². The molecule has 1 heterocycles. The minimum Gasteiger partial charge on any atom is -0.490 e. The Morgan fingerprint density at radius 2 is 2.04 bits per heavy atom. The van der Waals surface area contributed by atoms with Gasteiger partial charge in [0.15, 0.2) is 5.01 Å². The Hall–Kier alpha value is -2.09. The standard InChI is InChI=1S/C19H23F3N2O2S/c1-5-6-8-11(2)26-15-10-7-9-14(12(15)3)24-17(25)16-13(4)23-18(27-16)19(20,21)22/h7,9-11H,5-6,8H2,1-4H3,(H,24,25). The van der Waals surface area contributed by atoms with Crippen molar-refractivity contribution in [1.82, 2.24) is 4.98 Å². The number of carbonyl (C=O) groups is 1. The first-order valence-electron chi connectivity index (χ1n) is 8.75. The van der Waals surface area contributed by atoms with Crippen molar-refractivity contribution in [3.63, 3.8) is 0 Å². The summed E-state index contributed by atoms with van der Waals surface area (Å²) in [6, 6.07) is 5.25. The molecule has 148 valence electrons. The number of amides is 1. The highest BCUT2D eigenvalue weighted by Gasteiger charge is 2.36. The van der Waals surface area contributed by atoms with Crippen LogP contribution in [0.2, 0.25) is 0 Å². The lowest BCUT2D eigenvalue weighted by Gasteiger charge is -2.18. The van der Waals surface area contributed by atoms with Gasteiger partial charge in [0.05, 0.1) is 11.8 Å². The Balaban J connectivity index is 2.17. The summed E-state index contributed by atoms with van der Waals surface area (Å²) in [4.78, 5) is 15.9. The normalized spacial score (nSPS) is 12.7. The third kappa shape index (κ3) is 5.45. The second-order valence-corrected chi connectivity index (χ2v) is 7.38. The molecule has 2 aromatic rings. The maximum atomic E-state index is 12.8. The highest BCUT2D eigenvalue weighted by atomic mass is 32.1. The van der Waals surface area contributed by atoms with Crippen LogP contribution in [0, 0.1) is 13.8 Å². The minimum absolute atomic E-state index is 0.0349. The van der Waals surface area contributed by atoms with E-state index in [-0.39, 0.29) is 16.7 Å². The summed E-state index contributed by atoms with van der Waals surface area (Å²) < 4.78 is 44.3. The molecule has 4 nitrogen and oxygen atoms in total. The summed E-state index contributed by atoms with van der Waals surface area (Å²) in [5, 5.41) is 1.65. The molecule has 0 spiro atoms. The van der Waals surface area contributed by atoms with Crippen molar-refractivity contribution in [2.24, 2.45) is 0 Å². The van der Waals surface area contributed by atoms with Gasteiger partial charge < -0.3 is 10.1 Å². The molecule has 8 heteroatoms. The van der Waals surface area contributed by atoms with Crippen LogP contribution in [0.1, 0.15) is 59.0 Å². The van der Waals surface area contributed by atoms with E-state index < -0.39 is 17.1 Å². The number of aromatic nitrogens is 1. The topological polar surface area (TPSA) is 51.2 Å². The fraction of sp³-hybridized carbons (Fsp3) is 0.474. The predicted molar refractivity (Wildman–Crippen MR) is 101 cm³/mol. The van der Waals surface area contributed by atoms with Crippen molar-refractivity contribution in [2.75, 3.05) is 5.32 Å². The van der Waals surface area contributed by atoms with Gasteiger partial charge >= 0.3 is 6.18 Å². The van der Waals surface area contributed by atoms with E-state index in [2.05, 4.69) is 17.2 Å². The molecule has 0 fully saturated rings. The van der Waals surface area contributed by atoms with Gasteiger partial charge in [0.1, 0.15) is 10.6 Å². The van der Waals surface area contributed by atoms with E-state index in [1.165, 1.54) is 6.92 Å². The zero-order valence-corrected chi connectivity index (χ0v) is 16.6. The second-order valence-electron chi connectivity index (χ2n) is 6.38. The third-order valence-electron chi connectivity index (χ3n) is 4.07. The number of unbranched alkanes of at least 4 members (excludes halogenated alkanes) is 1. The smallest absolute Gasteiger partial charge is 0.443 e. The van der Waals surface area contributed by atoms with Crippen molar-refractivity contribution in [2.45, 2.75) is 59.2 Å². The zero-order chi connectivity index (χ0) is 20.2. The zero-order valence-electron chi connectivity index (χ0n) is 15.7. The first-order chi connectivity index (χ1) is 12.6. The molecular weight excluding hydrogens is 377 g/mol. The third-order valence-corrected chi connectivity index (χ3v) is 5.27. The molecule has 1 aromatic carbocycles. The second kappa shape index (κ2) is 8.73. The number of anilines is 1. The van der Waals surface area contributed by atoms with Crippen molar-refractivity contribution in [3.05, 3.63) is 39.3 Å². The van der Waals surface area contributed by atoms with Crippen molar-refractivity contribution >= 4 is 22.9 Å². The largest absolute Gasteiger partial charge is 0.490 e. The van der Waals surface area contributed by atoms with Gasteiger partial charge in [0, 0.05) is 11.3 Å². The van der Waals surface area contributed by atoms with E-state index in [0.29, 0.717) is 22.8 Å². The van der Waals surface area contributed by atoms with Crippen molar-refractivity contribution in [3.8, 4) is 5.75 Å². The fourth-order valence-corrected chi connectivity index (χ4v) is 3.38. The fourth-order valence-electron chi connectivity index (χ4n) is 2.55. The molecule has 1 aromatic heterocycles. The summed E-state index contributed by atoms with van der Waals surface area (Å²) >= 11 is 0.344. The first-order valence-corrected chi connectivity index (χ1v) is 9.57. The summed E-state index contributed by atoms with van der Waals surface area (Å²) in [7, 11) is 0. The van der Waals surface area contributed by atoms with E-state index in [0.717, 1.165) is 24.8 Å². The molecular formula is C19H23F3N2O2S. The number of rotatable bonds is 7. The van der Waals surface area contributed by atoms with Crippen LogP contribution in [0.5, 0.6) is 5.75 Å². The molecule has 0 aliphatic heterocycles. The lowest BCUT2D eigenvalue weighted by molar-refractivity contribution is -0.137. The summed E-state index contributed by atoms with van der Waals surface area (Å²) in [6.07, 6.45) is -1.47. The van der Waals surface area contributed by atoms with E-state index in [1.54, 1.807) is 19.1 Å². The molecule has 0 radical (unpaired) electrons. The molecule has 0 saturated heterocycles. The molecule has 0 bridgehead atoms. The number of halogens is 3. The number of alkyl halides is 3. The number of nitrogens with one attached hydrogen (secondary N) is 1. The number of benzene rings is 1. The van der Waals surface area contributed by atoms with Gasteiger partial charge in [0.2, 0.25) is 0 Å². The number of ether oxygens (including phenoxy) is 1. The molecule has 27 heavy (non-hydrogen) atoms. The lowest BCUT2D eigenvalue weighted by atomic mass is 10.1. The molecule has 1 unspecified atom stereocenters. The van der Waals surface area contributed by atoms with Gasteiger partial charge in [-0.25, -0.2) is 4.98 Å². The van der Waals surface area contributed by atoms with Crippen LogP contribution in [-0.4, -0.2) is 17.0 Å². The van der Waals surface area contributed by atoms with Crippen LogP contribution in [0.4, 0.5) is 18.9 Å². The minimum atomic E-state index is -4.56. The summed E-state index contributed by atoms with van der Waals surface area (Å²) in [5.41, 5.74) is 1.29. The van der Waals surface area contributed by atoms with Crippen LogP contribution in [-0.2, 0) is 6.18 Å². The Bertz CT molecular complexity index is 803. The first kappa shape index (κ1) is 21.2. The molecule has 0 aliphatic rings. The highest BCUT2D eigenvalue weighted by Crippen LogP contribution is 2.35. The molecule has 0 saturated carbocycles. The SMILES string of the molecule is CCCCC(C)Oc1cccc(NC(=O)c2sc(C(F)(F)F)nc2C)c1C. The Morgan fingerprint density at radius 3 is 2.63 bits per heavy atom. The van der Waals surface area contributed by atoms with Gasteiger partial charge in [-0.05, 0) is 39.3 Å². The lowest BCUT2D eigenvalue weighted by Crippen LogP contribution is -2.15. The van der Waals surface area contributed by atoms with Crippen molar-refractivity contribution in [1.29, 1.82) is 0 Å². The highest BCUT2D eigenvalue weighted by molar-refractivity contribution is 7.14. The maximum Gasteiger partial charge on any atom is 0.443 e. The van der Waals surface area contributed by atoms with Gasteiger partial charge in [-0.2, -0.15) is 13.2 Å². The van der Waals surface area contributed by atoms with E-state index in [4.69, 9.17) is 4.74 Å². The Labute approximate surface area is 160 Å². The number of aryl methyl sites for hydroxylation is 1.